The van der Waals surface area contributed by atoms with Crippen molar-refractivity contribution in [1.29, 1.82) is 0 Å². The third-order valence-corrected chi connectivity index (χ3v) is 1.55. The lowest BCUT2D eigenvalue weighted by Crippen LogP contribution is -2.00. The molecule has 0 spiro atoms. The lowest BCUT2D eigenvalue weighted by atomic mass is 10.3. The first-order valence-corrected chi connectivity index (χ1v) is 3.71. The van der Waals surface area contributed by atoms with Crippen LogP contribution in [0.25, 0.3) is 0 Å². The number of carboxylic acid groups (broad SMARTS) is 1. The molecular formula is C7H6N4O3. The Morgan fingerprint density at radius 3 is 3.14 bits per heavy atom. The quantitative estimate of drug-likeness (QED) is 0.668. The van der Waals surface area contributed by atoms with Crippen molar-refractivity contribution in [3.8, 4) is 0 Å². The topological polar surface area (TPSA) is 104 Å². The minimum atomic E-state index is -1.10. The highest BCUT2D eigenvalue weighted by Crippen LogP contribution is 2.16. The fourth-order valence-electron chi connectivity index (χ4n) is 0.932. The minimum absolute atomic E-state index is 0.0281. The van der Waals surface area contributed by atoms with E-state index in [0.29, 0.717) is 5.82 Å². The summed E-state index contributed by atoms with van der Waals surface area (Å²) in [5.74, 6) is -0.420. The van der Waals surface area contributed by atoms with E-state index in [-0.39, 0.29) is 11.4 Å². The first-order valence-electron chi connectivity index (χ1n) is 3.71. The van der Waals surface area contributed by atoms with E-state index in [1.807, 2.05) is 0 Å². The molecular weight excluding hydrogens is 188 g/mol. The van der Waals surface area contributed by atoms with Crippen LogP contribution in [0.3, 0.4) is 0 Å². The van der Waals surface area contributed by atoms with Crippen molar-refractivity contribution < 1.29 is 14.4 Å². The number of hydrogen-bond donors (Lipinski definition) is 3. The molecule has 0 aliphatic rings. The molecule has 0 fully saturated rings. The molecule has 72 valence electrons. The molecule has 2 aromatic rings. The third kappa shape index (κ3) is 1.42. The summed E-state index contributed by atoms with van der Waals surface area (Å²) in [7, 11) is 0. The Hall–Kier alpha value is -2.31. The van der Waals surface area contributed by atoms with Crippen LogP contribution in [0, 0.1) is 0 Å². The van der Waals surface area contributed by atoms with E-state index in [4.69, 9.17) is 5.11 Å². The molecule has 0 saturated heterocycles. The standard InChI is InChI=1S/C7H6N4O3/c12-7(13)4-3-14-11-6(4)9-5-1-2-8-10-5/h1-3H,(H,12,13)(H2,8,9,10,11). The number of aromatic nitrogens is 3. The van der Waals surface area contributed by atoms with Crippen LogP contribution in [-0.4, -0.2) is 26.4 Å². The second-order valence-corrected chi connectivity index (χ2v) is 2.48. The van der Waals surface area contributed by atoms with E-state index in [1.54, 1.807) is 6.07 Å². The van der Waals surface area contributed by atoms with E-state index in [9.17, 15) is 4.79 Å². The lowest BCUT2D eigenvalue weighted by molar-refractivity contribution is 0.0697. The van der Waals surface area contributed by atoms with E-state index >= 15 is 0 Å². The number of hydrogen-bond acceptors (Lipinski definition) is 5. The molecule has 7 nitrogen and oxygen atoms in total. The fraction of sp³-hybridized carbons (Fsp3) is 0. The van der Waals surface area contributed by atoms with Gasteiger partial charge in [0.25, 0.3) is 0 Å². The fourth-order valence-corrected chi connectivity index (χ4v) is 0.932. The molecule has 2 rings (SSSR count). The van der Waals surface area contributed by atoms with Gasteiger partial charge in [0, 0.05) is 6.07 Å². The summed E-state index contributed by atoms with van der Waals surface area (Å²) >= 11 is 0. The zero-order chi connectivity index (χ0) is 9.97. The van der Waals surface area contributed by atoms with Gasteiger partial charge in [-0.2, -0.15) is 5.10 Å². The lowest BCUT2D eigenvalue weighted by Gasteiger charge is -1.97. The summed E-state index contributed by atoms with van der Waals surface area (Å²) in [5.41, 5.74) is -0.0281. The zero-order valence-corrected chi connectivity index (χ0v) is 6.89. The van der Waals surface area contributed by atoms with Crippen LogP contribution in [0.4, 0.5) is 11.6 Å². The minimum Gasteiger partial charge on any atom is -0.477 e. The molecule has 0 radical (unpaired) electrons. The number of aromatic amines is 1. The van der Waals surface area contributed by atoms with Gasteiger partial charge in [-0.3, -0.25) is 5.10 Å². The van der Waals surface area contributed by atoms with Crippen LogP contribution in [0.1, 0.15) is 10.4 Å². The number of H-pyrrole nitrogens is 1. The van der Waals surface area contributed by atoms with E-state index < -0.39 is 5.97 Å². The first kappa shape index (κ1) is 8.30. The summed E-state index contributed by atoms with van der Waals surface area (Å²) in [4.78, 5) is 10.6. The number of nitrogens with zero attached hydrogens (tertiary/aromatic N) is 2. The smallest absolute Gasteiger partial charge is 0.342 e. The Morgan fingerprint density at radius 2 is 2.50 bits per heavy atom. The van der Waals surface area contributed by atoms with Crippen LogP contribution in [0.2, 0.25) is 0 Å². The molecule has 3 N–H and O–H groups in total. The molecule has 14 heavy (non-hydrogen) atoms. The highest BCUT2D eigenvalue weighted by atomic mass is 16.5. The summed E-state index contributed by atoms with van der Waals surface area (Å²) in [6.45, 7) is 0. The molecule has 0 aliphatic heterocycles. The Labute approximate surface area is 77.7 Å². The number of rotatable bonds is 3. The molecule has 0 unspecified atom stereocenters. The first-order chi connectivity index (χ1) is 6.77. The zero-order valence-electron chi connectivity index (χ0n) is 6.89. The third-order valence-electron chi connectivity index (χ3n) is 1.55. The van der Waals surface area contributed by atoms with Crippen LogP contribution in [0.15, 0.2) is 23.0 Å². The maximum Gasteiger partial charge on any atom is 0.342 e. The number of carbonyl (C=O) groups is 1. The van der Waals surface area contributed by atoms with Crippen molar-refractivity contribution in [2.75, 3.05) is 5.32 Å². The van der Waals surface area contributed by atoms with Gasteiger partial charge >= 0.3 is 5.97 Å². The second kappa shape index (κ2) is 3.21. The summed E-state index contributed by atoms with van der Waals surface area (Å²) in [6, 6.07) is 1.64. The maximum atomic E-state index is 10.6. The van der Waals surface area contributed by atoms with Gasteiger partial charge in [-0.15, -0.1) is 0 Å². The number of nitrogens with one attached hydrogen (secondary N) is 2. The average Bonchev–Trinajstić information content (AvgIpc) is 2.75. The Bertz CT molecular complexity index is 433. The molecule has 2 aromatic heterocycles. The molecule has 0 amide bonds. The molecule has 7 heteroatoms. The van der Waals surface area contributed by atoms with Crippen molar-refractivity contribution in [3.05, 3.63) is 24.1 Å². The van der Waals surface area contributed by atoms with Gasteiger partial charge in [0.2, 0.25) is 0 Å². The summed E-state index contributed by atoms with van der Waals surface area (Å²) < 4.78 is 4.53. The van der Waals surface area contributed by atoms with Gasteiger partial charge in [0.05, 0.1) is 6.20 Å². The number of carboxylic acids is 1. The van der Waals surface area contributed by atoms with Crippen LogP contribution >= 0.6 is 0 Å². The highest BCUT2D eigenvalue weighted by molar-refractivity contribution is 5.93. The molecule has 2 heterocycles. The van der Waals surface area contributed by atoms with Gasteiger partial charge in [0.15, 0.2) is 5.82 Å². The highest BCUT2D eigenvalue weighted by Gasteiger charge is 2.14. The van der Waals surface area contributed by atoms with Crippen molar-refractivity contribution in [1.82, 2.24) is 15.4 Å². The van der Waals surface area contributed by atoms with Gasteiger partial charge in [-0.25, -0.2) is 4.79 Å². The SMILES string of the molecule is O=C(O)c1conc1Nc1ccn[nH]1. The van der Waals surface area contributed by atoms with Crippen molar-refractivity contribution in [2.45, 2.75) is 0 Å². The monoisotopic (exact) mass is 194 g/mol. The van der Waals surface area contributed by atoms with Crippen LogP contribution in [0.5, 0.6) is 0 Å². The number of anilines is 2. The molecule has 0 bridgehead atoms. The van der Waals surface area contributed by atoms with E-state index in [2.05, 4.69) is 25.2 Å². The number of aromatic carboxylic acids is 1. The molecule has 0 aromatic carbocycles. The summed E-state index contributed by atoms with van der Waals surface area (Å²) in [5, 5.41) is 21.2. The Balaban J connectivity index is 2.25. The van der Waals surface area contributed by atoms with E-state index in [1.165, 1.54) is 6.20 Å². The largest absolute Gasteiger partial charge is 0.477 e. The van der Waals surface area contributed by atoms with Gasteiger partial charge < -0.3 is 14.9 Å². The van der Waals surface area contributed by atoms with Gasteiger partial charge in [-0.1, -0.05) is 5.16 Å². The normalized spacial score (nSPS) is 10.0. The van der Waals surface area contributed by atoms with Crippen molar-refractivity contribution in [3.63, 3.8) is 0 Å². The van der Waals surface area contributed by atoms with Gasteiger partial charge in [0.1, 0.15) is 17.6 Å². The van der Waals surface area contributed by atoms with Crippen molar-refractivity contribution >= 4 is 17.6 Å². The van der Waals surface area contributed by atoms with E-state index in [0.717, 1.165) is 6.26 Å². The Morgan fingerprint density at radius 1 is 1.64 bits per heavy atom. The summed E-state index contributed by atoms with van der Waals surface area (Å²) in [6.07, 6.45) is 2.59. The predicted octanol–water partition coefficient (Wildman–Crippen LogP) is 0.839. The predicted molar refractivity (Wildman–Crippen MR) is 45.3 cm³/mol. The second-order valence-electron chi connectivity index (χ2n) is 2.48. The molecule has 0 aliphatic carbocycles. The maximum absolute atomic E-state index is 10.6. The van der Waals surface area contributed by atoms with Crippen LogP contribution in [-0.2, 0) is 0 Å². The average molecular weight is 194 g/mol. The Kier molecular flexibility index (Phi) is 1.90. The molecule has 0 atom stereocenters. The van der Waals surface area contributed by atoms with Gasteiger partial charge in [-0.05, 0) is 0 Å². The molecule has 0 saturated carbocycles. The van der Waals surface area contributed by atoms with Crippen LogP contribution < -0.4 is 5.32 Å². The van der Waals surface area contributed by atoms with Crippen molar-refractivity contribution in [2.24, 2.45) is 0 Å².